The van der Waals surface area contributed by atoms with Crippen LogP contribution in [0.3, 0.4) is 0 Å². The van der Waals surface area contributed by atoms with Gasteiger partial charge in [0.2, 0.25) is 5.91 Å². The zero-order chi connectivity index (χ0) is 23.6. The van der Waals surface area contributed by atoms with Gasteiger partial charge in [-0.2, -0.15) is 26.3 Å². The van der Waals surface area contributed by atoms with E-state index in [1.54, 1.807) is 18.7 Å². The largest absolute Gasteiger partial charge is 0.416 e. The Morgan fingerprint density at radius 1 is 1.16 bits per heavy atom. The molecule has 4 N–H and O–H groups in total. The molecule has 1 amide bonds. The highest BCUT2D eigenvalue weighted by Gasteiger charge is 2.38. The smallest absolute Gasteiger partial charge is 0.374 e. The van der Waals surface area contributed by atoms with Gasteiger partial charge in [0, 0.05) is 24.2 Å². The first-order valence-corrected chi connectivity index (χ1v) is 9.87. The van der Waals surface area contributed by atoms with Crippen LogP contribution >= 0.6 is 0 Å². The molecule has 11 heteroatoms. The Morgan fingerprint density at radius 3 is 2.19 bits per heavy atom. The molecule has 0 bridgehead atoms. The predicted molar refractivity (Wildman–Crippen MR) is 103 cm³/mol. The highest BCUT2D eigenvalue weighted by Crippen LogP contribution is 2.38. The summed E-state index contributed by atoms with van der Waals surface area (Å²) in [5, 5.41) is 12.5. The number of carbonyl (C=O) groups is 1. The maximum atomic E-state index is 13.0. The summed E-state index contributed by atoms with van der Waals surface area (Å²) in [4.78, 5) is 14.3. The fourth-order valence-corrected chi connectivity index (χ4v) is 3.71. The third-order valence-electron chi connectivity index (χ3n) is 5.40. The molecule has 1 aromatic rings. The number of nitrogens with zero attached hydrogens (tertiary/aromatic N) is 1. The molecule has 2 atom stereocenters. The number of alkyl halides is 6. The zero-order valence-electron chi connectivity index (χ0n) is 17.3. The number of halogens is 6. The lowest BCUT2D eigenvalue weighted by Gasteiger charge is -2.29. The molecule has 176 valence electrons. The fourth-order valence-electron chi connectivity index (χ4n) is 3.71. The molecular weight excluding hydrogens is 428 g/mol. The summed E-state index contributed by atoms with van der Waals surface area (Å²) >= 11 is 0. The molecule has 0 radical (unpaired) electrons. The van der Waals surface area contributed by atoms with Gasteiger partial charge >= 0.3 is 12.4 Å². The van der Waals surface area contributed by atoms with E-state index in [0.717, 1.165) is 0 Å². The number of carbonyl (C=O) groups excluding carboxylic acids is 1. The molecule has 2 unspecified atom stereocenters. The number of nitrogens with one attached hydrogen (secondary N) is 1. The minimum atomic E-state index is -4.97. The molecule has 31 heavy (non-hydrogen) atoms. The van der Waals surface area contributed by atoms with E-state index in [1.165, 1.54) is 0 Å². The van der Waals surface area contributed by atoms with Crippen molar-refractivity contribution in [3.05, 3.63) is 29.3 Å². The van der Waals surface area contributed by atoms with Gasteiger partial charge in [-0.05, 0) is 49.9 Å². The summed E-state index contributed by atoms with van der Waals surface area (Å²) in [6.45, 7) is 4.75. The Kier molecular flexibility index (Phi) is 7.52. The van der Waals surface area contributed by atoms with Gasteiger partial charge in [-0.15, -0.1) is 0 Å². The van der Waals surface area contributed by atoms with Gasteiger partial charge in [0.1, 0.15) is 6.23 Å². The first-order chi connectivity index (χ1) is 14.1. The van der Waals surface area contributed by atoms with Gasteiger partial charge in [-0.25, -0.2) is 0 Å². The molecular formula is C20H27F6N3O2. The van der Waals surface area contributed by atoms with Gasteiger partial charge in [-0.3, -0.25) is 4.79 Å². The van der Waals surface area contributed by atoms with Gasteiger partial charge in [0.05, 0.1) is 11.1 Å². The van der Waals surface area contributed by atoms with Crippen molar-refractivity contribution >= 4 is 11.6 Å². The first kappa shape index (κ1) is 25.3. The van der Waals surface area contributed by atoms with Crippen molar-refractivity contribution in [2.75, 3.05) is 25.0 Å². The summed E-state index contributed by atoms with van der Waals surface area (Å²) in [6.07, 6.45) is -10.2. The summed E-state index contributed by atoms with van der Waals surface area (Å²) in [5.74, 6) is -0.219. The fraction of sp³-hybridized carbons (Fsp3) is 0.650. The number of nitrogens with two attached hydrogens (primary N) is 1. The number of aliphatic hydroxyl groups is 1. The molecule has 0 spiro atoms. The van der Waals surface area contributed by atoms with Crippen LogP contribution in [0, 0.1) is 11.3 Å². The van der Waals surface area contributed by atoms with Crippen molar-refractivity contribution in [3.8, 4) is 0 Å². The number of hydrogen-bond donors (Lipinski definition) is 3. The highest BCUT2D eigenvalue weighted by atomic mass is 19.4. The molecule has 0 aromatic heterocycles. The summed E-state index contributed by atoms with van der Waals surface area (Å²) in [6, 6.07) is 1.08. The van der Waals surface area contributed by atoms with Gasteiger partial charge in [-0.1, -0.05) is 13.8 Å². The minimum absolute atomic E-state index is 0.0289. The third kappa shape index (κ3) is 6.73. The molecule has 1 saturated heterocycles. The normalized spacial score (nSPS) is 18.9. The maximum absolute atomic E-state index is 13.0. The second kappa shape index (κ2) is 9.23. The van der Waals surface area contributed by atoms with Crippen LogP contribution in [0.4, 0.5) is 32.0 Å². The highest BCUT2D eigenvalue weighted by molar-refractivity contribution is 5.82. The van der Waals surface area contributed by atoms with Crippen molar-refractivity contribution in [2.24, 2.45) is 17.1 Å². The van der Waals surface area contributed by atoms with E-state index in [2.05, 4.69) is 5.32 Å². The third-order valence-corrected chi connectivity index (χ3v) is 5.40. The van der Waals surface area contributed by atoms with Crippen LogP contribution < -0.4 is 11.1 Å². The molecule has 1 aromatic carbocycles. The van der Waals surface area contributed by atoms with Crippen LogP contribution in [0.2, 0.25) is 0 Å². The summed E-state index contributed by atoms with van der Waals surface area (Å²) in [5.41, 5.74) is 1.50. The molecule has 1 aliphatic heterocycles. The number of anilines is 1. The molecule has 1 fully saturated rings. The second-order valence-corrected chi connectivity index (χ2v) is 8.52. The standard InChI is InChI=1S/C20H27F6N3O2/c1-18(2,4-5-27)17(31)29-6-3-12(11-29)7-16(30)28-15-9-13(19(21,22)23)8-14(10-15)20(24,25)26/h8-10,12,16,28,30H,3-7,11,27H2,1-2H3. The summed E-state index contributed by atoms with van der Waals surface area (Å²) in [7, 11) is 0. The van der Waals surface area contributed by atoms with Gasteiger partial charge < -0.3 is 21.1 Å². The number of likely N-dealkylation sites (tertiary alicyclic amines) is 1. The molecule has 2 rings (SSSR count). The van der Waals surface area contributed by atoms with E-state index in [-0.39, 0.29) is 24.3 Å². The first-order valence-electron chi connectivity index (χ1n) is 9.87. The number of hydrogen-bond acceptors (Lipinski definition) is 4. The predicted octanol–water partition coefficient (Wildman–Crippen LogP) is 4.07. The van der Waals surface area contributed by atoms with Crippen molar-refractivity contribution in [1.82, 2.24) is 4.90 Å². The van der Waals surface area contributed by atoms with Crippen molar-refractivity contribution in [1.29, 1.82) is 0 Å². The Labute approximate surface area is 176 Å². The van der Waals surface area contributed by atoms with E-state index < -0.39 is 40.8 Å². The number of aliphatic hydroxyl groups excluding tert-OH is 1. The lowest BCUT2D eigenvalue weighted by atomic mass is 9.87. The zero-order valence-corrected chi connectivity index (χ0v) is 17.3. The molecule has 1 aliphatic rings. The average Bonchev–Trinajstić information content (AvgIpc) is 3.07. The Bertz CT molecular complexity index is 747. The van der Waals surface area contributed by atoms with E-state index in [1.807, 2.05) is 0 Å². The summed E-state index contributed by atoms with van der Waals surface area (Å²) < 4.78 is 77.8. The van der Waals surface area contributed by atoms with E-state index in [9.17, 15) is 36.2 Å². The van der Waals surface area contributed by atoms with E-state index in [0.29, 0.717) is 44.6 Å². The van der Waals surface area contributed by atoms with Crippen LogP contribution in [-0.2, 0) is 17.1 Å². The molecule has 0 saturated carbocycles. The molecule has 5 nitrogen and oxygen atoms in total. The van der Waals surface area contributed by atoms with Crippen LogP contribution in [0.15, 0.2) is 18.2 Å². The monoisotopic (exact) mass is 455 g/mol. The Hall–Kier alpha value is -2.01. The van der Waals surface area contributed by atoms with E-state index >= 15 is 0 Å². The quantitative estimate of drug-likeness (QED) is 0.428. The molecule has 0 aliphatic carbocycles. The Morgan fingerprint density at radius 2 is 1.71 bits per heavy atom. The topological polar surface area (TPSA) is 78.6 Å². The number of amides is 1. The van der Waals surface area contributed by atoms with Gasteiger partial charge in [0.15, 0.2) is 0 Å². The second-order valence-electron chi connectivity index (χ2n) is 8.52. The SMILES string of the molecule is CC(C)(CCN)C(=O)N1CCC(CC(O)Nc2cc(C(F)(F)F)cc(C(F)(F)F)c2)C1. The maximum Gasteiger partial charge on any atom is 0.416 e. The van der Waals surface area contributed by atoms with Crippen LogP contribution in [0.5, 0.6) is 0 Å². The number of benzene rings is 1. The van der Waals surface area contributed by atoms with Crippen LogP contribution in [0.25, 0.3) is 0 Å². The van der Waals surface area contributed by atoms with Crippen molar-refractivity contribution in [2.45, 2.75) is 51.7 Å². The van der Waals surface area contributed by atoms with E-state index in [4.69, 9.17) is 5.73 Å². The van der Waals surface area contributed by atoms with Gasteiger partial charge in [0.25, 0.3) is 0 Å². The van der Waals surface area contributed by atoms with Crippen molar-refractivity contribution in [3.63, 3.8) is 0 Å². The Balaban J connectivity index is 2.05. The molecule has 1 heterocycles. The average molecular weight is 455 g/mol. The lowest BCUT2D eigenvalue weighted by Crippen LogP contribution is -2.40. The van der Waals surface area contributed by atoms with Crippen LogP contribution in [0.1, 0.15) is 44.2 Å². The number of rotatable bonds is 7. The van der Waals surface area contributed by atoms with Crippen molar-refractivity contribution < 1.29 is 36.2 Å². The minimum Gasteiger partial charge on any atom is -0.374 e. The lowest BCUT2D eigenvalue weighted by molar-refractivity contribution is -0.143. The van der Waals surface area contributed by atoms with Crippen LogP contribution in [-0.4, -0.2) is 41.8 Å².